The fourth-order valence-electron chi connectivity index (χ4n) is 2.75. The maximum atomic E-state index is 12.9. The molecule has 3 rings (SSSR count). The van der Waals surface area contributed by atoms with Crippen LogP contribution in [0.5, 0.6) is 5.75 Å². The number of urea groups is 1. The van der Waals surface area contributed by atoms with Gasteiger partial charge in [-0.1, -0.05) is 30.3 Å². The highest BCUT2D eigenvalue weighted by Gasteiger charge is 2.37. The first kappa shape index (κ1) is 19.8. The number of aryl methyl sites for hydroxylation is 1. The lowest BCUT2D eigenvalue weighted by atomic mass is 10.1. The van der Waals surface area contributed by atoms with E-state index in [1.54, 1.807) is 43.3 Å². The average molecular weight is 394 g/mol. The second-order valence-corrected chi connectivity index (χ2v) is 6.41. The molecule has 0 radical (unpaired) electrons. The second kappa shape index (κ2) is 7.97. The highest BCUT2D eigenvalue weighted by molar-refractivity contribution is 6.39. The molecule has 1 atom stereocenters. The lowest BCUT2D eigenvalue weighted by molar-refractivity contribution is -0.144. The number of aliphatic carboxylic acids is 1. The van der Waals surface area contributed by atoms with Crippen molar-refractivity contribution >= 4 is 35.6 Å². The van der Waals surface area contributed by atoms with Crippen LogP contribution >= 0.6 is 0 Å². The number of rotatable bonds is 5. The van der Waals surface area contributed by atoms with Crippen LogP contribution in [0.25, 0.3) is 6.08 Å². The number of carboxylic acid groups (broad SMARTS) is 1. The van der Waals surface area contributed by atoms with Crippen molar-refractivity contribution in [1.82, 2.24) is 5.32 Å². The molecular formula is C21H18N2O6. The van der Waals surface area contributed by atoms with E-state index >= 15 is 0 Å². The summed E-state index contributed by atoms with van der Waals surface area (Å²) in [5.41, 5.74) is 1.41. The summed E-state index contributed by atoms with van der Waals surface area (Å²) >= 11 is 0. The van der Waals surface area contributed by atoms with E-state index in [9.17, 15) is 19.2 Å². The van der Waals surface area contributed by atoms with Crippen LogP contribution < -0.4 is 15.0 Å². The minimum Gasteiger partial charge on any atom is -0.479 e. The highest BCUT2D eigenvalue weighted by Crippen LogP contribution is 2.25. The molecule has 0 bridgehead atoms. The van der Waals surface area contributed by atoms with Crippen molar-refractivity contribution < 1.29 is 29.0 Å². The van der Waals surface area contributed by atoms with E-state index in [-0.39, 0.29) is 5.57 Å². The molecule has 8 heteroatoms. The summed E-state index contributed by atoms with van der Waals surface area (Å²) in [7, 11) is 0. The molecule has 1 heterocycles. The molecule has 1 saturated heterocycles. The normalized spacial score (nSPS) is 16.6. The number of nitrogens with zero attached hydrogens (tertiary/aromatic N) is 1. The number of nitrogens with one attached hydrogen (secondary N) is 1. The van der Waals surface area contributed by atoms with Gasteiger partial charge < -0.3 is 9.84 Å². The molecule has 0 spiro atoms. The van der Waals surface area contributed by atoms with Gasteiger partial charge in [-0.25, -0.2) is 14.5 Å². The van der Waals surface area contributed by atoms with E-state index in [0.717, 1.165) is 4.90 Å². The molecule has 0 aliphatic carbocycles. The number of carbonyl (C=O) groups excluding carboxylic acids is 3. The summed E-state index contributed by atoms with van der Waals surface area (Å²) in [6, 6.07) is 12.3. The van der Waals surface area contributed by atoms with Gasteiger partial charge in [0.25, 0.3) is 11.8 Å². The van der Waals surface area contributed by atoms with Gasteiger partial charge in [0.1, 0.15) is 11.3 Å². The number of hydrogen-bond donors (Lipinski definition) is 2. The Morgan fingerprint density at radius 1 is 1.10 bits per heavy atom. The van der Waals surface area contributed by atoms with Crippen LogP contribution in [0, 0.1) is 6.92 Å². The number of anilines is 1. The molecule has 4 amide bonds. The van der Waals surface area contributed by atoms with Crippen LogP contribution in [0.1, 0.15) is 18.1 Å². The fraction of sp³-hybridized carbons (Fsp3) is 0.143. The minimum absolute atomic E-state index is 0.194. The molecule has 0 saturated carbocycles. The fourth-order valence-corrected chi connectivity index (χ4v) is 2.75. The van der Waals surface area contributed by atoms with Crippen LogP contribution in [-0.4, -0.2) is 35.0 Å². The number of carbonyl (C=O) groups is 4. The standard InChI is InChI=1S/C21H18N2O6/c1-12-5-3-4-6-17(12)23-19(25)16(18(24)22-21(23)28)11-14-7-9-15(10-8-14)29-13(2)20(26)27/h3-11,13H,1-2H3,(H,26,27)(H,22,24,28)/b16-11+/t13-/m0/s1. The van der Waals surface area contributed by atoms with Crippen molar-refractivity contribution in [1.29, 1.82) is 0 Å². The lowest BCUT2D eigenvalue weighted by Crippen LogP contribution is -2.54. The summed E-state index contributed by atoms with van der Waals surface area (Å²) in [5.74, 6) is -2.28. The zero-order valence-corrected chi connectivity index (χ0v) is 15.7. The Bertz CT molecular complexity index is 1030. The first-order valence-corrected chi connectivity index (χ1v) is 8.74. The third kappa shape index (κ3) is 4.16. The number of imide groups is 2. The third-order valence-corrected chi connectivity index (χ3v) is 4.31. The van der Waals surface area contributed by atoms with Crippen molar-refractivity contribution in [2.45, 2.75) is 20.0 Å². The summed E-state index contributed by atoms with van der Waals surface area (Å²) in [4.78, 5) is 49.1. The van der Waals surface area contributed by atoms with Gasteiger partial charge >= 0.3 is 12.0 Å². The van der Waals surface area contributed by atoms with Gasteiger partial charge in [-0.3, -0.25) is 14.9 Å². The predicted molar refractivity (Wildman–Crippen MR) is 104 cm³/mol. The quantitative estimate of drug-likeness (QED) is 0.595. The highest BCUT2D eigenvalue weighted by atomic mass is 16.5. The van der Waals surface area contributed by atoms with E-state index in [1.807, 2.05) is 0 Å². The van der Waals surface area contributed by atoms with Gasteiger partial charge in [0.05, 0.1) is 5.69 Å². The molecular weight excluding hydrogens is 376 g/mol. The zero-order valence-electron chi connectivity index (χ0n) is 15.7. The topological polar surface area (TPSA) is 113 Å². The second-order valence-electron chi connectivity index (χ2n) is 6.41. The van der Waals surface area contributed by atoms with E-state index in [4.69, 9.17) is 9.84 Å². The van der Waals surface area contributed by atoms with Crippen LogP contribution in [0.2, 0.25) is 0 Å². The lowest BCUT2D eigenvalue weighted by Gasteiger charge is -2.27. The van der Waals surface area contributed by atoms with Crippen LogP contribution in [0.3, 0.4) is 0 Å². The Balaban J connectivity index is 1.89. The Morgan fingerprint density at radius 3 is 2.38 bits per heavy atom. The van der Waals surface area contributed by atoms with Crippen molar-refractivity contribution in [3.63, 3.8) is 0 Å². The van der Waals surface area contributed by atoms with E-state index in [1.165, 1.54) is 25.1 Å². The van der Waals surface area contributed by atoms with Crippen molar-refractivity contribution in [3.8, 4) is 5.75 Å². The smallest absolute Gasteiger partial charge is 0.344 e. The summed E-state index contributed by atoms with van der Waals surface area (Å²) in [6.07, 6.45) is 0.346. The molecule has 0 unspecified atom stereocenters. The number of hydrogen-bond acceptors (Lipinski definition) is 5. The Kier molecular flexibility index (Phi) is 5.45. The summed E-state index contributed by atoms with van der Waals surface area (Å²) in [6.45, 7) is 3.16. The van der Waals surface area contributed by atoms with E-state index in [2.05, 4.69) is 5.32 Å². The Labute approximate surface area is 166 Å². The van der Waals surface area contributed by atoms with E-state index in [0.29, 0.717) is 22.6 Å². The zero-order chi connectivity index (χ0) is 21.1. The first-order valence-electron chi connectivity index (χ1n) is 8.74. The molecule has 1 fully saturated rings. The van der Waals surface area contributed by atoms with Gasteiger partial charge in [-0.2, -0.15) is 0 Å². The maximum Gasteiger partial charge on any atom is 0.344 e. The number of para-hydroxylation sites is 1. The maximum absolute atomic E-state index is 12.9. The molecule has 2 aromatic carbocycles. The summed E-state index contributed by atoms with van der Waals surface area (Å²) in [5, 5.41) is 11.1. The Hall–Kier alpha value is -3.94. The van der Waals surface area contributed by atoms with Crippen LogP contribution in [0.4, 0.5) is 10.5 Å². The SMILES string of the molecule is Cc1ccccc1N1C(=O)NC(=O)/C(=C\c2ccc(O[C@@H](C)C(=O)O)cc2)C1=O. The molecule has 0 aromatic heterocycles. The first-order chi connectivity index (χ1) is 13.8. The minimum atomic E-state index is -1.10. The molecule has 1 aliphatic heterocycles. The van der Waals surface area contributed by atoms with Gasteiger partial charge in [-0.05, 0) is 49.2 Å². The van der Waals surface area contributed by atoms with E-state index < -0.39 is 29.9 Å². The number of barbiturate groups is 1. The molecule has 148 valence electrons. The predicted octanol–water partition coefficient (Wildman–Crippen LogP) is 2.51. The van der Waals surface area contributed by atoms with Crippen molar-refractivity contribution in [2.24, 2.45) is 0 Å². The van der Waals surface area contributed by atoms with Crippen molar-refractivity contribution in [2.75, 3.05) is 4.90 Å². The van der Waals surface area contributed by atoms with Gasteiger partial charge in [0, 0.05) is 0 Å². The van der Waals surface area contributed by atoms with Gasteiger partial charge in [0.2, 0.25) is 0 Å². The van der Waals surface area contributed by atoms with Crippen LogP contribution in [-0.2, 0) is 14.4 Å². The number of amides is 4. The molecule has 29 heavy (non-hydrogen) atoms. The summed E-state index contributed by atoms with van der Waals surface area (Å²) < 4.78 is 5.25. The van der Waals surface area contributed by atoms with Crippen molar-refractivity contribution in [3.05, 3.63) is 65.2 Å². The molecule has 1 aliphatic rings. The Morgan fingerprint density at radius 2 is 1.76 bits per heavy atom. The molecule has 8 nitrogen and oxygen atoms in total. The number of ether oxygens (including phenoxy) is 1. The third-order valence-electron chi connectivity index (χ3n) is 4.31. The average Bonchev–Trinajstić information content (AvgIpc) is 2.67. The largest absolute Gasteiger partial charge is 0.479 e. The van der Waals surface area contributed by atoms with Gasteiger partial charge in [0.15, 0.2) is 6.10 Å². The molecule has 2 aromatic rings. The van der Waals surface area contributed by atoms with Gasteiger partial charge in [-0.15, -0.1) is 0 Å². The van der Waals surface area contributed by atoms with Crippen LogP contribution in [0.15, 0.2) is 54.1 Å². The molecule has 2 N–H and O–H groups in total. The monoisotopic (exact) mass is 394 g/mol. The number of benzene rings is 2. The number of carboxylic acids is 1.